The van der Waals surface area contributed by atoms with E-state index in [1.165, 1.54) is 11.1 Å². The first kappa shape index (κ1) is 18.3. The van der Waals surface area contributed by atoms with Gasteiger partial charge in [0, 0.05) is 17.8 Å². The molecule has 28 heavy (non-hydrogen) atoms. The van der Waals surface area contributed by atoms with Gasteiger partial charge in [0.25, 0.3) is 0 Å². The van der Waals surface area contributed by atoms with Crippen molar-refractivity contribution in [3.63, 3.8) is 0 Å². The molecule has 0 saturated heterocycles. The van der Waals surface area contributed by atoms with E-state index in [9.17, 15) is 0 Å². The summed E-state index contributed by atoms with van der Waals surface area (Å²) >= 11 is 0. The summed E-state index contributed by atoms with van der Waals surface area (Å²) < 4.78 is 5.38. The highest BCUT2D eigenvalue weighted by Gasteiger charge is 2.18. The monoisotopic (exact) mass is 374 g/mol. The van der Waals surface area contributed by atoms with Crippen LogP contribution in [0.15, 0.2) is 54.6 Å². The lowest BCUT2D eigenvalue weighted by molar-refractivity contribution is 0.414. The Kier molecular flexibility index (Phi) is 5.42. The van der Waals surface area contributed by atoms with Crippen molar-refractivity contribution in [2.45, 2.75) is 38.6 Å². The van der Waals surface area contributed by atoms with E-state index in [0.717, 1.165) is 54.6 Å². The highest BCUT2D eigenvalue weighted by molar-refractivity contribution is 5.59. The third kappa shape index (κ3) is 4.42. The molecule has 1 aliphatic rings. The van der Waals surface area contributed by atoms with Gasteiger partial charge in [-0.3, -0.25) is 0 Å². The van der Waals surface area contributed by atoms with E-state index >= 15 is 0 Å². The first-order valence-electron chi connectivity index (χ1n) is 9.80. The Morgan fingerprint density at radius 1 is 0.964 bits per heavy atom. The van der Waals surface area contributed by atoms with Crippen LogP contribution in [0.1, 0.15) is 29.8 Å². The number of fused-ring (bicyclic) bond motifs is 1. The quantitative estimate of drug-likeness (QED) is 0.622. The second-order valence-electron chi connectivity index (χ2n) is 7.25. The van der Waals surface area contributed by atoms with Gasteiger partial charge in [-0.05, 0) is 68.0 Å². The molecule has 1 heterocycles. The molecule has 1 aliphatic carbocycles. The number of rotatable bonds is 5. The largest absolute Gasteiger partial charge is 0.497 e. The van der Waals surface area contributed by atoms with Crippen LogP contribution in [-0.2, 0) is 12.8 Å². The van der Waals surface area contributed by atoms with Crippen LogP contribution in [0.3, 0.4) is 0 Å². The fraction of sp³-hybridized carbons (Fsp3) is 0.304. The number of para-hydroxylation sites is 1. The Hall–Kier alpha value is -3.08. The molecule has 5 nitrogen and oxygen atoms in total. The number of aromatic nitrogens is 2. The zero-order valence-electron chi connectivity index (χ0n) is 16.4. The normalized spacial score (nSPS) is 16.0. The molecule has 4 rings (SSSR count). The third-order valence-electron chi connectivity index (χ3n) is 5.11. The Balaban J connectivity index is 1.50. The number of methoxy groups -OCH3 is 1. The Morgan fingerprint density at radius 3 is 2.61 bits per heavy atom. The maximum absolute atomic E-state index is 5.38. The van der Waals surface area contributed by atoms with Crippen molar-refractivity contribution in [1.82, 2.24) is 9.97 Å². The minimum Gasteiger partial charge on any atom is -0.497 e. The maximum Gasteiger partial charge on any atom is 0.136 e. The van der Waals surface area contributed by atoms with E-state index < -0.39 is 0 Å². The lowest BCUT2D eigenvalue weighted by Gasteiger charge is -2.19. The van der Waals surface area contributed by atoms with Gasteiger partial charge in [-0.15, -0.1) is 0 Å². The molecule has 1 unspecified atom stereocenters. The average Bonchev–Trinajstić information content (AvgIpc) is 2.89. The van der Waals surface area contributed by atoms with Crippen molar-refractivity contribution < 1.29 is 4.74 Å². The van der Waals surface area contributed by atoms with Gasteiger partial charge in [-0.1, -0.05) is 24.3 Å². The molecular weight excluding hydrogens is 348 g/mol. The number of hydrogen-bond acceptors (Lipinski definition) is 5. The molecule has 0 saturated carbocycles. The summed E-state index contributed by atoms with van der Waals surface area (Å²) in [5, 5.41) is 6.99. The lowest BCUT2D eigenvalue weighted by Crippen LogP contribution is -2.22. The van der Waals surface area contributed by atoms with Gasteiger partial charge in [0.05, 0.1) is 7.11 Å². The standard InChI is InChI=1S/C23H26N4O/c1-16-24-22(26-19-8-4-3-5-9-19)15-23(25-16)27-20-10-6-7-17-14-21(28-2)12-11-18(17)13-20/h3-5,8-9,11-12,14-15,20H,6-7,10,13H2,1-2H3,(H2,24,25,26,27). The molecular formula is C23H26N4O. The zero-order valence-corrected chi connectivity index (χ0v) is 16.4. The minimum absolute atomic E-state index is 0.355. The Morgan fingerprint density at radius 2 is 1.79 bits per heavy atom. The summed E-state index contributed by atoms with van der Waals surface area (Å²) in [7, 11) is 1.72. The number of aryl methyl sites for hydroxylation is 2. The van der Waals surface area contributed by atoms with Crippen LogP contribution in [0.2, 0.25) is 0 Å². The van der Waals surface area contributed by atoms with Crippen LogP contribution in [-0.4, -0.2) is 23.1 Å². The van der Waals surface area contributed by atoms with Crippen molar-refractivity contribution in [3.05, 3.63) is 71.5 Å². The number of nitrogens with one attached hydrogen (secondary N) is 2. The fourth-order valence-electron chi connectivity index (χ4n) is 3.77. The van der Waals surface area contributed by atoms with E-state index in [2.05, 4.69) is 38.8 Å². The van der Waals surface area contributed by atoms with E-state index in [4.69, 9.17) is 4.74 Å². The summed E-state index contributed by atoms with van der Waals surface area (Å²) in [5.41, 5.74) is 3.81. The van der Waals surface area contributed by atoms with Crippen molar-refractivity contribution in [3.8, 4) is 5.75 Å². The molecule has 5 heteroatoms. The molecule has 2 N–H and O–H groups in total. The van der Waals surface area contributed by atoms with E-state index in [-0.39, 0.29) is 0 Å². The number of hydrogen-bond donors (Lipinski definition) is 2. The highest BCUT2D eigenvalue weighted by atomic mass is 16.5. The van der Waals surface area contributed by atoms with Crippen LogP contribution >= 0.6 is 0 Å². The Labute approximate surface area is 166 Å². The SMILES string of the molecule is COc1ccc2c(c1)CCCC(Nc1cc(Nc3ccccc3)nc(C)n1)C2. The van der Waals surface area contributed by atoms with E-state index in [0.29, 0.717) is 6.04 Å². The first-order chi connectivity index (χ1) is 13.7. The Bertz CT molecular complexity index is 943. The van der Waals surface area contributed by atoms with Crippen LogP contribution in [0.5, 0.6) is 5.75 Å². The molecule has 144 valence electrons. The summed E-state index contributed by atoms with van der Waals surface area (Å²) in [6.07, 6.45) is 4.34. The topological polar surface area (TPSA) is 59.1 Å². The number of anilines is 3. The summed E-state index contributed by atoms with van der Waals surface area (Å²) in [4.78, 5) is 9.12. The second-order valence-corrected chi connectivity index (χ2v) is 7.25. The average molecular weight is 374 g/mol. The molecule has 3 aromatic rings. The van der Waals surface area contributed by atoms with E-state index in [1.807, 2.05) is 43.3 Å². The lowest BCUT2D eigenvalue weighted by atomic mass is 10.0. The minimum atomic E-state index is 0.355. The van der Waals surface area contributed by atoms with Crippen LogP contribution < -0.4 is 15.4 Å². The molecule has 1 atom stereocenters. The fourth-order valence-corrected chi connectivity index (χ4v) is 3.77. The van der Waals surface area contributed by atoms with Gasteiger partial charge < -0.3 is 15.4 Å². The highest BCUT2D eigenvalue weighted by Crippen LogP contribution is 2.27. The summed E-state index contributed by atoms with van der Waals surface area (Å²) in [6, 6.07) is 18.8. The molecule has 0 bridgehead atoms. The number of ether oxygens (including phenoxy) is 1. The van der Waals surface area contributed by atoms with Crippen molar-refractivity contribution in [2.75, 3.05) is 17.7 Å². The van der Waals surface area contributed by atoms with E-state index in [1.54, 1.807) is 7.11 Å². The molecule has 0 amide bonds. The maximum atomic E-state index is 5.38. The molecule has 0 fully saturated rings. The van der Waals surface area contributed by atoms with Gasteiger partial charge in [0.1, 0.15) is 23.2 Å². The summed E-state index contributed by atoms with van der Waals surface area (Å²) in [5.74, 6) is 3.36. The van der Waals surface area contributed by atoms with Gasteiger partial charge in [0.15, 0.2) is 0 Å². The van der Waals surface area contributed by atoms with Crippen molar-refractivity contribution in [2.24, 2.45) is 0 Å². The van der Waals surface area contributed by atoms with Crippen LogP contribution in [0, 0.1) is 6.92 Å². The van der Waals surface area contributed by atoms with Crippen molar-refractivity contribution >= 4 is 17.3 Å². The number of benzene rings is 2. The molecule has 2 aromatic carbocycles. The summed E-state index contributed by atoms with van der Waals surface area (Å²) in [6.45, 7) is 1.93. The van der Waals surface area contributed by atoms with Crippen LogP contribution in [0.4, 0.5) is 17.3 Å². The van der Waals surface area contributed by atoms with Crippen molar-refractivity contribution in [1.29, 1.82) is 0 Å². The molecule has 0 spiro atoms. The first-order valence-corrected chi connectivity index (χ1v) is 9.80. The smallest absolute Gasteiger partial charge is 0.136 e. The molecule has 0 radical (unpaired) electrons. The molecule has 0 aliphatic heterocycles. The molecule has 1 aromatic heterocycles. The predicted molar refractivity (Wildman–Crippen MR) is 114 cm³/mol. The zero-order chi connectivity index (χ0) is 19.3. The predicted octanol–water partition coefficient (Wildman–Crippen LogP) is 4.90. The third-order valence-corrected chi connectivity index (χ3v) is 5.11. The van der Waals surface area contributed by atoms with Crippen LogP contribution in [0.25, 0.3) is 0 Å². The van der Waals surface area contributed by atoms with Gasteiger partial charge >= 0.3 is 0 Å². The van der Waals surface area contributed by atoms with Gasteiger partial charge in [0.2, 0.25) is 0 Å². The number of nitrogens with zero attached hydrogens (tertiary/aromatic N) is 2. The van der Waals surface area contributed by atoms with Gasteiger partial charge in [-0.25, -0.2) is 9.97 Å². The second kappa shape index (κ2) is 8.30. The van der Waals surface area contributed by atoms with Gasteiger partial charge in [-0.2, -0.15) is 0 Å².